The fourth-order valence-electron chi connectivity index (χ4n) is 0.647. The Labute approximate surface area is 82.5 Å². The Bertz CT molecular complexity index is 339. The predicted molar refractivity (Wildman–Crippen MR) is 50.8 cm³/mol. The normalized spacial score (nSPS) is 13.6. The van der Waals surface area contributed by atoms with E-state index in [1.54, 1.807) is 0 Å². The highest BCUT2D eigenvalue weighted by Gasteiger charge is 2.14. The maximum atomic E-state index is 5.77. The summed E-state index contributed by atoms with van der Waals surface area (Å²) < 4.78 is 4.88. The van der Waals surface area contributed by atoms with Crippen LogP contribution < -0.4 is 5.43 Å². The van der Waals surface area contributed by atoms with Crippen molar-refractivity contribution in [3.05, 3.63) is 14.0 Å². The molecule has 0 saturated carbocycles. The second kappa shape index (κ2) is 2.80. The van der Waals surface area contributed by atoms with Crippen LogP contribution in [0.1, 0.15) is 0 Å². The van der Waals surface area contributed by atoms with E-state index < -0.39 is 21.0 Å². The SMILES string of the molecule is Clc1nc(Cl)c2c(n1)NN=I2. The number of rotatable bonds is 0. The Balaban J connectivity index is 2.67. The van der Waals surface area contributed by atoms with Gasteiger partial charge in [0.05, 0.1) is 21.0 Å². The van der Waals surface area contributed by atoms with Gasteiger partial charge in [0.15, 0.2) is 11.0 Å². The van der Waals surface area contributed by atoms with Crippen LogP contribution in [0.4, 0.5) is 5.82 Å². The quantitative estimate of drug-likeness (QED) is 0.455. The minimum Gasteiger partial charge on any atom is -0.255 e. The molecule has 0 fully saturated rings. The molecule has 1 aliphatic rings. The van der Waals surface area contributed by atoms with Crippen molar-refractivity contribution >= 4 is 50.1 Å². The van der Waals surface area contributed by atoms with Gasteiger partial charge in [0.1, 0.15) is 3.57 Å². The van der Waals surface area contributed by atoms with Crippen molar-refractivity contribution in [2.24, 2.45) is 3.25 Å². The lowest BCUT2D eigenvalue weighted by Gasteiger charge is -1.96. The maximum Gasteiger partial charge on any atom is 0.225 e. The molecule has 0 radical (unpaired) electrons. The van der Waals surface area contributed by atoms with Gasteiger partial charge in [-0.25, -0.2) is 4.98 Å². The monoisotopic (exact) mass is 302 g/mol. The van der Waals surface area contributed by atoms with Gasteiger partial charge in [-0.2, -0.15) is 4.98 Å². The van der Waals surface area contributed by atoms with E-state index in [0.29, 0.717) is 11.0 Å². The van der Waals surface area contributed by atoms with Gasteiger partial charge < -0.3 is 0 Å². The summed E-state index contributed by atoms with van der Waals surface area (Å²) in [5.74, 6) is 0.655. The van der Waals surface area contributed by atoms with Crippen molar-refractivity contribution in [1.29, 1.82) is 0 Å². The Morgan fingerprint density at radius 1 is 1.27 bits per heavy atom. The number of nitrogens with zero attached hydrogens (tertiary/aromatic N) is 3. The van der Waals surface area contributed by atoms with Crippen LogP contribution in [0.15, 0.2) is 3.25 Å². The molecule has 1 aromatic rings. The summed E-state index contributed by atoms with van der Waals surface area (Å²) in [7, 11) is 0. The molecule has 0 amide bonds. The van der Waals surface area contributed by atoms with Crippen molar-refractivity contribution in [1.82, 2.24) is 9.97 Å². The van der Waals surface area contributed by atoms with Crippen LogP contribution in [0.2, 0.25) is 10.4 Å². The number of anilines is 1. The average molecular weight is 303 g/mol. The Kier molecular flexibility index (Phi) is 1.94. The molecular formula is C4HCl2IN4. The number of hydrogen-bond donors (Lipinski definition) is 1. The molecule has 2 rings (SSSR count). The van der Waals surface area contributed by atoms with Crippen LogP contribution in [0, 0.1) is 3.57 Å². The molecule has 58 valence electrons. The van der Waals surface area contributed by atoms with Gasteiger partial charge in [-0.05, 0) is 11.6 Å². The predicted octanol–water partition coefficient (Wildman–Crippen LogP) is 2.45. The van der Waals surface area contributed by atoms with Crippen molar-refractivity contribution in [3.63, 3.8) is 0 Å². The van der Waals surface area contributed by atoms with Gasteiger partial charge in [-0.1, -0.05) is 11.6 Å². The van der Waals surface area contributed by atoms with Crippen molar-refractivity contribution in [3.8, 4) is 0 Å². The molecule has 0 bridgehead atoms. The zero-order chi connectivity index (χ0) is 7.84. The highest BCUT2D eigenvalue weighted by Crippen LogP contribution is 2.33. The molecule has 11 heavy (non-hydrogen) atoms. The van der Waals surface area contributed by atoms with Crippen LogP contribution in [0.25, 0.3) is 0 Å². The summed E-state index contributed by atoms with van der Waals surface area (Å²) in [6, 6.07) is 0. The van der Waals surface area contributed by atoms with Gasteiger partial charge in [0.2, 0.25) is 5.28 Å². The number of halogens is 3. The van der Waals surface area contributed by atoms with Crippen molar-refractivity contribution in [2.75, 3.05) is 5.43 Å². The molecule has 0 saturated heterocycles. The molecule has 1 aromatic heterocycles. The fraction of sp³-hybridized carbons (Fsp3) is 0. The molecule has 0 aromatic carbocycles. The minimum atomic E-state index is -0.414. The lowest BCUT2D eigenvalue weighted by molar-refractivity contribution is 1.14. The van der Waals surface area contributed by atoms with E-state index in [1.807, 2.05) is 0 Å². The summed E-state index contributed by atoms with van der Waals surface area (Å²) in [6.07, 6.45) is 0. The zero-order valence-corrected chi connectivity index (χ0v) is 8.64. The van der Waals surface area contributed by atoms with Crippen LogP contribution in [-0.2, 0) is 0 Å². The Morgan fingerprint density at radius 3 is 2.91 bits per heavy atom. The lowest BCUT2D eigenvalue weighted by Crippen LogP contribution is -1.93. The smallest absolute Gasteiger partial charge is 0.225 e. The van der Waals surface area contributed by atoms with E-state index in [-0.39, 0.29) is 5.28 Å². The molecule has 0 unspecified atom stereocenters. The molecular weight excluding hydrogens is 302 g/mol. The molecule has 7 heteroatoms. The summed E-state index contributed by atoms with van der Waals surface area (Å²) in [6.45, 7) is 0. The molecule has 0 atom stereocenters. The largest absolute Gasteiger partial charge is 0.255 e. The number of nitrogens with one attached hydrogen (secondary N) is 1. The van der Waals surface area contributed by atoms with Crippen molar-refractivity contribution < 1.29 is 0 Å². The third-order valence-corrected chi connectivity index (χ3v) is 3.81. The second-order valence-corrected chi connectivity index (χ2v) is 4.47. The maximum absolute atomic E-state index is 5.77. The highest BCUT2D eigenvalue weighted by molar-refractivity contribution is 14.2. The third-order valence-electron chi connectivity index (χ3n) is 1.06. The van der Waals surface area contributed by atoms with Crippen molar-refractivity contribution in [2.45, 2.75) is 0 Å². The lowest BCUT2D eigenvalue weighted by atomic mass is 10.6. The summed E-state index contributed by atoms with van der Waals surface area (Å²) in [5.41, 5.74) is 2.74. The molecule has 1 aliphatic heterocycles. The van der Waals surface area contributed by atoms with E-state index in [0.717, 1.165) is 3.57 Å². The van der Waals surface area contributed by atoms with Gasteiger partial charge in [0.25, 0.3) is 0 Å². The third kappa shape index (κ3) is 1.32. The Morgan fingerprint density at radius 2 is 2.09 bits per heavy atom. The average Bonchev–Trinajstić information content (AvgIpc) is 2.34. The zero-order valence-electron chi connectivity index (χ0n) is 4.98. The number of aromatic nitrogens is 2. The first-order valence-electron chi connectivity index (χ1n) is 2.60. The summed E-state index contributed by atoms with van der Waals surface area (Å²) in [4.78, 5) is 7.70. The number of hydrogen-bond acceptors (Lipinski definition) is 4. The van der Waals surface area contributed by atoms with E-state index in [2.05, 4.69) is 18.6 Å². The van der Waals surface area contributed by atoms with Gasteiger partial charge >= 0.3 is 0 Å². The van der Waals surface area contributed by atoms with Crippen LogP contribution in [0.5, 0.6) is 0 Å². The Hall–Kier alpha value is -0.0100. The van der Waals surface area contributed by atoms with E-state index in [9.17, 15) is 0 Å². The fourth-order valence-corrected chi connectivity index (χ4v) is 2.62. The summed E-state index contributed by atoms with van der Waals surface area (Å²) >= 11 is 10.9. The molecule has 1 N–H and O–H groups in total. The van der Waals surface area contributed by atoms with E-state index in [1.165, 1.54) is 0 Å². The second-order valence-electron chi connectivity index (χ2n) is 1.73. The molecule has 0 spiro atoms. The molecule has 2 heterocycles. The first-order valence-corrected chi connectivity index (χ1v) is 5.40. The molecule has 4 nitrogen and oxygen atoms in total. The standard InChI is InChI=1S/C4HCl2IN4/c5-2-1-3(10-11-7-1)9-4(6)8-2/h(H,8,9,10). The van der Waals surface area contributed by atoms with Crippen LogP contribution >= 0.6 is 44.2 Å². The van der Waals surface area contributed by atoms with Gasteiger partial charge in [0, 0.05) is 0 Å². The van der Waals surface area contributed by atoms with Crippen LogP contribution in [-0.4, -0.2) is 9.97 Å². The topological polar surface area (TPSA) is 50.2 Å². The van der Waals surface area contributed by atoms with Gasteiger partial charge in [-0.3, -0.25) is 5.43 Å². The van der Waals surface area contributed by atoms with Gasteiger partial charge in [-0.15, -0.1) is 3.25 Å². The first-order chi connectivity index (χ1) is 5.27. The van der Waals surface area contributed by atoms with Crippen LogP contribution in [0.3, 0.4) is 0 Å². The highest BCUT2D eigenvalue weighted by atomic mass is 127. The first kappa shape index (κ1) is 7.63. The van der Waals surface area contributed by atoms with E-state index >= 15 is 0 Å². The minimum absolute atomic E-state index is 0.155. The summed E-state index contributed by atoms with van der Waals surface area (Å²) in [5, 5.41) is 0.573. The van der Waals surface area contributed by atoms with E-state index in [4.69, 9.17) is 23.2 Å². The number of fused-ring (bicyclic) bond motifs is 1. The molecule has 0 aliphatic carbocycles.